The number of anilines is 1. The van der Waals surface area contributed by atoms with Gasteiger partial charge >= 0.3 is 13.3 Å². The van der Waals surface area contributed by atoms with Crippen molar-refractivity contribution < 1.29 is 23.8 Å². The van der Waals surface area contributed by atoms with Crippen LogP contribution in [0.15, 0.2) is 11.0 Å². The number of ether oxygens (including phenoxy) is 2. The van der Waals surface area contributed by atoms with E-state index in [1.807, 2.05) is 6.92 Å². The molecule has 0 aliphatic carbocycles. The van der Waals surface area contributed by atoms with Gasteiger partial charge < -0.3 is 25.0 Å². The molecule has 0 amide bonds. The summed E-state index contributed by atoms with van der Waals surface area (Å²) in [5.41, 5.74) is 6.21. The minimum absolute atomic E-state index is 0.0235. The van der Waals surface area contributed by atoms with Crippen molar-refractivity contribution in [2.45, 2.75) is 142 Å². The second-order valence-electron chi connectivity index (χ2n) is 10.4. The van der Waals surface area contributed by atoms with E-state index in [4.69, 9.17) is 25.0 Å². The van der Waals surface area contributed by atoms with Crippen molar-refractivity contribution in [3.8, 4) is 0 Å². The monoisotopic (exact) mass is 559 g/mol. The lowest BCUT2D eigenvalue weighted by Crippen LogP contribution is -2.28. The number of nitrogen functional groups attached to an aromatic ring is 1. The molecule has 2 atom stereocenters. The van der Waals surface area contributed by atoms with Crippen LogP contribution in [0.25, 0.3) is 0 Å². The highest BCUT2D eigenvalue weighted by molar-refractivity contribution is 7.51. The number of nitrogens with two attached hydrogens (primary N) is 1. The largest absolute Gasteiger partial charge is 0.383 e. The maximum atomic E-state index is 12.2. The zero-order valence-corrected chi connectivity index (χ0v) is 25.0. The molecule has 0 spiro atoms. The highest BCUT2D eigenvalue weighted by Crippen LogP contribution is 2.33. The minimum Gasteiger partial charge on any atom is -0.383 e. The van der Waals surface area contributed by atoms with Crippen LogP contribution in [0.1, 0.15) is 135 Å². The van der Waals surface area contributed by atoms with E-state index in [0.717, 1.165) is 19.3 Å². The molecule has 1 heterocycles. The number of rotatable bonds is 24. The van der Waals surface area contributed by atoms with E-state index in [1.165, 1.54) is 81.6 Å². The molecule has 222 valence electrons. The lowest BCUT2D eigenvalue weighted by Gasteiger charge is -2.25. The summed E-state index contributed by atoms with van der Waals surface area (Å²) < 4.78 is 23.7. The van der Waals surface area contributed by atoms with Gasteiger partial charge in [0.1, 0.15) is 12.2 Å². The Morgan fingerprint density at radius 2 is 1.47 bits per heavy atom. The van der Waals surface area contributed by atoms with Crippen LogP contribution in [-0.2, 0) is 20.6 Å². The summed E-state index contributed by atoms with van der Waals surface area (Å²) in [6.45, 7) is 6.50. The van der Waals surface area contributed by atoms with Gasteiger partial charge in [-0.2, -0.15) is 4.98 Å². The molecule has 1 aromatic rings. The summed E-state index contributed by atoms with van der Waals surface area (Å²) >= 11 is 0. The van der Waals surface area contributed by atoms with Crippen LogP contribution >= 0.6 is 7.60 Å². The molecule has 0 aliphatic heterocycles. The van der Waals surface area contributed by atoms with E-state index in [-0.39, 0.29) is 31.2 Å². The Labute approximate surface area is 230 Å². The van der Waals surface area contributed by atoms with Gasteiger partial charge in [0.05, 0.1) is 25.4 Å². The minimum atomic E-state index is -4.25. The van der Waals surface area contributed by atoms with Crippen LogP contribution in [-0.4, -0.2) is 38.4 Å². The third-order valence-electron chi connectivity index (χ3n) is 6.95. The Hall–Kier alpha value is -1.25. The lowest BCUT2D eigenvalue weighted by molar-refractivity contribution is -0.0227. The Bertz CT molecular complexity index is 844. The molecule has 0 radical (unpaired) electrons. The summed E-state index contributed by atoms with van der Waals surface area (Å²) in [6, 6.07) is 0. The van der Waals surface area contributed by atoms with Gasteiger partial charge in [-0.05, 0) is 19.3 Å². The Morgan fingerprint density at radius 3 is 1.97 bits per heavy atom. The van der Waals surface area contributed by atoms with Gasteiger partial charge in [-0.3, -0.25) is 9.13 Å². The molecule has 4 N–H and O–H groups in total. The number of aromatic nitrogens is 2. The molecule has 1 aromatic heterocycles. The smallest absolute Gasteiger partial charge is 0.350 e. The van der Waals surface area contributed by atoms with Crippen molar-refractivity contribution in [3.63, 3.8) is 0 Å². The Balaban J connectivity index is 2.40. The highest BCUT2D eigenvalue weighted by Gasteiger charge is 2.20. The molecular formula is C28H54N3O6P. The fourth-order valence-corrected chi connectivity index (χ4v) is 5.02. The first-order chi connectivity index (χ1) is 18.2. The summed E-state index contributed by atoms with van der Waals surface area (Å²) in [7, 11) is -4.25. The SMILES string of the molecule is CCCCCCCCCCCCCCCC(CC)OC(CC)c1cn(CCOCP(=O)(O)O)c(=O)nc1N. The van der Waals surface area contributed by atoms with Crippen molar-refractivity contribution in [2.75, 3.05) is 18.7 Å². The predicted molar refractivity (Wildman–Crippen MR) is 154 cm³/mol. The number of hydrogen-bond acceptors (Lipinski definition) is 6. The summed E-state index contributed by atoms with van der Waals surface area (Å²) in [6.07, 6.45) is 20.7. The predicted octanol–water partition coefficient (Wildman–Crippen LogP) is 6.70. The fourth-order valence-electron chi connectivity index (χ4n) is 4.66. The van der Waals surface area contributed by atoms with Gasteiger partial charge in [0, 0.05) is 11.8 Å². The third-order valence-corrected chi connectivity index (χ3v) is 7.47. The first-order valence-corrected chi connectivity index (χ1v) is 16.7. The van der Waals surface area contributed by atoms with Crippen LogP contribution in [0, 0.1) is 0 Å². The molecule has 0 aliphatic rings. The van der Waals surface area contributed by atoms with Crippen molar-refractivity contribution in [2.24, 2.45) is 0 Å². The van der Waals surface area contributed by atoms with E-state index in [9.17, 15) is 9.36 Å². The zero-order chi connectivity index (χ0) is 28.2. The first kappa shape index (κ1) is 34.8. The number of hydrogen-bond donors (Lipinski definition) is 3. The average Bonchev–Trinajstić information content (AvgIpc) is 2.87. The van der Waals surface area contributed by atoms with E-state index >= 15 is 0 Å². The number of nitrogens with zero attached hydrogens (tertiary/aromatic N) is 2. The molecular weight excluding hydrogens is 505 g/mol. The van der Waals surface area contributed by atoms with Crippen molar-refractivity contribution >= 4 is 13.4 Å². The van der Waals surface area contributed by atoms with Crippen molar-refractivity contribution in [1.82, 2.24) is 9.55 Å². The molecule has 0 fully saturated rings. The third kappa shape index (κ3) is 16.0. The van der Waals surface area contributed by atoms with Crippen LogP contribution in [0.2, 0.25) is 0 Å². The molecule has 10 heteroatoms. The molecule has 1 rings (SSSR count). The van der Waals surface area contributed by atoms with Crippen molar-refractivity contribution in [3.05, 3.63) is 22.2 Å². The quantitative estimate of drug-likeness (QED) is 0.0939. The molecule has 0 bridgehead atoms. The van der Waals surface area contributed by atoms with Crippen LogP contribution in [0.5, 0.6) is 0 Å². The molecule has 9 nitrogen and oxygen atoms in total. The van der Waals surface area contributed by atoms with Crippen LogP contribution in [0.3, 0.4) is 0 Å². The van der Waals surface area contributed by atoms with Gasteiger partial charge in [-0.25, -0.2) is 4.79 Å². The first-order valence-electron chi connectivity index (χ1n) is 14.9. The maximum Gasteiger partial charge on any atom is 0.350 e. The zero-order valence-electron chi connectivity index (χ0n) is 24.1. The lowest BCUT2D eigenvalue weighted by atomic mass is 10.0. The van der Waals surface area contributed by atoms with E-state index < -0.39 is 19.6 Å². The van der Waals surface area contributed by atoms with Gasteiger partial charge in [0.15, 0.2) is 0 Å². The Kier molecular flexibility index (Phi) is 18.9. The van der Waals surface area contributed by atoms with E-state index in [0.29, 0.717) is 12.0 Å². The average molecular weight is 560 g/mol. The van der Waals surface area contributed by atoms with E-state index in [1.54, 1.807) is 6.20 Å². The standard InChI is InChI=1S/C28H54N3O6P/c1-4-7-8-9-10-11-12-13-14-15-16-17-18-19-24(5-2)37-26(6-3)25-22-31(28(32)30-27(25)29)20-21-36-23-38(33,34)35/h22,24,26H,4-21,23H2,1-3H3,(H2,29,30,32)(H2,33,34,35). The fraction of sp³-hybridized carbons (Fsp3) is 0.857. The molecule has 0 saturated carbocycles. The van der Waals surface area contributed by atoms with Crippen LogP contribution in [0.4, 0.5) is 5.82 Å². The van der Waals surface area contributed by atoms with Gasteiger partial charge in [-0.1, -0.05) is 104 Å². The highest BCUT2D eigenvalue weighted by atomic mass is 31.2. The van der Waals surface area contributed by atoms with E-state index in [2.05, 4.69) is 18.8 Å². The van der Waals surface area contributed by atoms with Gasteiger partial charge in [-0.15, -0.1) is 0 Å². The van der Waals surface area contributed by atoms with Crippen molar-refractivity contribution in [1.29, 1.82) is 0 Å². The van der Waals surface area contributed by atoms with Gasteiger partial charge in [0.2, 0.25) is 0 Å². The summed E-state index contributed by atoms with van der Waals surface area (Å²) in [5, 5.41) is 0. The second-order valence-corrected chi connectivity index (χ2v) is 11.9. The Morgan fingerprint density at radius 1 is 0.921 bits per heavy atom. The second kappa shape index (κ2) is 20.6. The van der Waals surface area contributed by atoms with Crippen LogP contribution < -0.4 is 11.4 Å². The topological polar surface area (TPSA) is 137 Å². The molecule has 0 aromatic carbocycles. The van der Waals surface area contributed by atoms with Gasteiger partial charge in [0.25, 0.3) is 0 Å². The summed E-state index contributed by atoms with van der Waals surface area (Å²) in [5.74, 6) is 0.157. The molecule has 38 heavy (non-hydrogen) atoms. The normalized spacial score (nSPS) is 13.6. The molecule has 0 saturated heterocycles. The maximum absolute atomic E-state index is 12.2. The summed E-state index contributed by atoms with van der Waals surface area (Å²) in [4.78, 5) is 34.0. The number of unbranched alkanes of at least 4 members (excludes halogenated alkanes) is 12. The molecule has 2 unspecified atom stereocenters.